The van der Waals surface area contributed by atoms with Crippen LogP contribution in [0, 0.1) is 0 Å². The summed E-state index contributed by atoms with van der Waals surface area (Å²) in [6.45, 7) is 4.72. The van der Waals surface area contributed by atoms with E-state index in [1.165, 1.54) is 44.5 Å². The summed E-state index contributed by atoms with van der Waals surface area (Å²) in [5, 5.41) is 0. The molecule has 0 aromatic heterocycles. The van der Waals surface area contributed by atoms with Crippen molar-refractivity contribution >= 4 is 0 Å². The zero-order valence-corrected chi connectivity index (χ0v) is 15.7. The quantitative estimate of drug-likeness (QED) is 0.356. The Bertz CT molecular complexity index is 1120. The highest BCUT2D eigenvalue weighted by Crippen LogP contribution is 2.54. The van der Waals surface area contributed by atoms with Crippen molar-refractivity contribution in [3.05, 3.63) is 108 Å². The van der Waals surface area contributed by atoms with Gasteiger partial charge in [-0.3, -0.25) is 0 Å². The van der Waals surface area contributed by atoms with Crippen LogP contribution >= 0.6 is 0 Å². The topological polar surface area (TPSA) is 0 Å². The molecule has 0 bridgehead atoms. The molecule has 0 amide bonds. The number of hydrogen-bond donors (Lipinski definition) is 0. The standard InChI is InChI=1S/C27H22/c1-27(2)24-16-10-9-15-22(24)23-18-17-21(19-11-5-3-6-12-19)25(26(23)27)20-13-7-4-8-14-20/h3-18H,1-2H3. The van der Waals surface area contributed by atoms with Crippen LogP contribution in [0.25, 0.3) is 33.4 Å². The van der Waals surface area contributed by atoms with E-state index >= 15 is 0 Å². The summed E-state index contributed by atoms with van der Waals surface area (Å²) in [5.41, 5.74) is 10.8. The second-order valence-electron chi connectivity index (χ2n) is 7.81. The Morgan fingerprint density at radius 2 is 1.04 bits per heavy atom. The number of rotatable bonds is 2. The van der Waals surface area contributed by atoms with Crippen molar-refractivity contribution in [3.8, 4) is 33.4 Å². The fraction of sp³-hybridized carbons (Fsp3) is 0.111. The van der Waals surface area contributed by atoms with Gasteiger partial charge in [0.25, 0.3) is 0 Å². The lowest BCUT2D eigenvalue weighted by Crippen LogP contribution is -2.16. The molecular formula is C27H22. The van der Waals surface area contributed by atoms with Gasteiger partial charge in [0.2, 0.25) is 0 Å². The number of benzene rings is 4. The summed E-state index contributed by atoms with van der Waals surface area (Å²) in [4.78, 5) is 0. The molecule has 130 valence electrons. The van der Waals surface area contributed by atoms with Gasteiger partial charge in [-0.15, -0.1) is 0 Å². The molecule has 1 aliphatic rings. The predicted octanol–water partition coefficient (Wildman–Crippen LogP) is 7.33. The van der Waals surface area contributed by atoms with Gasteiger partial charge in [0.05, 0.1) is 0 Å². The monoisotopic (exact) mass is 346 g/mol. The average Bonchev–Trinajstić information content (AvgIpc) is 2.96. The summed E-state index contributed by atoms with van der Waals surface area (Å²) < 4.78 is 0. The average molecular weight is 346 g/mol. The van der Waals surface area contributed by atoms with Gasteiger partial charge in [0.1, 0.15) is 0 Å². The third kappa shape index (κ3) is 2.37. The Kier molecular flexibility index (Phi) is 3.55. The second kappa shape index (κ2) is 5.96. The van der Waals surface area contributed by atoms with E-state index < -0.39 is 0 Å². The Morgan fingerprint density at radius 1 is 0.481 bits per heavy atom. The van der Waals surface area contributed by atoms with Gasteiger partial charge in [0, 0.05) is 5.41 Å². The molecule has 0 spiro atoms. The zero-order chi connectivity index (χ0) is 18.4. The zero-order valence-electron chi connectivity index (χ0n) is 15.7. The molecule has 0 unspecified atom stereocenters. The molecule has 0 heteroatoms. The van der Waals surface area contributed by atoms with Crippen LogP contribution in [0.1, 0.15) is 25.0 Å². The highest BCUT2D eigenvalue weighted by atomic mass is 14.4. The van der Waals surface area contributed by atoms with Crippen LogP contribution in [0.2, 0.25) is 0 Å². The molecule has 0 radical (unpaired) electrons. The van der Waals surface area contributed by atoms with Crippen molar-refractivity contribution in [2.45, 2.75) is 19.3 Å². The van der Waals surface area contributed by atoms with Gasteiger partial charge in [-0.25, -0.2) is 0 Å². The van der Waals surface area contributed by atoms with Crippen LogP contribution in [0.4, 0.5) is 0 Å². The molecule has 0 heterocycles. The maximum Gasteiger partial charge on any atom is 0.0165 e. The first-order valence-electron chi connectivity index (χ1n) is 9.56. The van der Waals surface area contributed by atoms with E-state index in [0.29, 0.717) is 0 Å². The largest absolute Gasteiger partial charge is 0.0622 e. The predicted molar refractivity (Wildman–Crippen MR) is 115 cm³/mol. The van der Waals surface area contributed by atoms with Crippen molar-refractivity contribution in [2.75, 3.05) is 0 Å². The van der Waals surface area contributed by atoms with Gasteiger partial charge in [-0.05, 0) is 44.5 Å². The van der Waals surface area contributed by atoms with E-state index in [2.05, 4.69) is 111 Å². The molecule has 5 rings (SSSR count). The van der Waals surface area contributed by atoms with Crippen LogP contribution in [0.5, 0.6) is 0 Å². The van der Waals surface area contributed by atoms with Crippen LogP contribution in [-0.4, -0.2) is 0 Å². The van der Waals surface area contributed by atoms with Gasteiger partial charge in [-0.1, -0.05) is 111 Å². The van der Waals surface area contributed by atoms with Crippen molar-refractivity contribution in [3.63, 3.8) is 0 Å². The van der Waals surface area contributed by atoms with Crippen molar-refractivity contribution in [2.24, 2.45) is 0 Å². The second-order valence-corrected chi connectivity index (χ2v) is 7.81. The summed E-state index contributed by atoms with van der Waals surface area (Å²) in [7, 11) is 0. The Balaban J connectivity index is 1.90. The minimum Gasteiger partial charge on any atom is -0.0622 e. The van der Waals surface area contributed by atoms with Crippen LogP contribution in [0.15, 0.2) is 97.1 Å². The first kappa shape index (κ1) is 16.1. The van der Waals surface area contributed by atoms with E-state index in [0.717, 1.165) is 0 Å². The summed E-state index contributed by atoms with van der Waals surface area (Å²) >= 11 is 0. The molecule has 0 saturated carbocycles. The minimum absolute atomic E-state index is 0.0259. The van der Waals surface area contributed by atoms with E-state index in [-0.39, 0.29) is 5.41 Å². The molecule has 0 fully saturated rings. The fourth-order valence-electron chi connectivity index (χ4n) is 4.64. The fourth-order valence-corrected chi connectivity index (χ4v) is 4.64. The van der Waals surface area contributed by atoms with Gasteiger partial charge in [-0.2, -0.15) is 0 Å². The molecule has 4 aromatic rings. The van der Waals surface area contributed by atoms with Crippen molar-refractivity contribution in [1.82, 2.24) is 0 Å². The number of fused-ring (bicyclic) bond motifs is 3. The van der Waals surface area contributed by atoms with E-state index in [1.54, 1.807) is 0 Å². The van der Waals surface area contributed by atoms with Gasteiger partial charge in [0.15, 0.2) is 0 Å². The lowest BCUT2D eigenvalue weighted by Gasteiger charge is -2.26. The molecule has 0 saturated heterocycles. The Hall–Kier alpha value is -3.12. The van der Waals surface area contributed by atoms with E-state index in [4.69, 9.17) is 0 Å². The smallest absolute Gasteiger partial charge is 0.0165 e. The molecule has 0 atom stereocenters. The van der Waals surface area contributed by atoms with Crippen LogP contribution in [0.3, 0.4) is 0 Å². The number of hydrogen-bond acceptors (Lipinski definition) is 0. The first-order chi connectivity index (χ1) is 13.2. The Morgan fingerprint density at radius 3 is 1.74 bits per heavy atom. The molecule has 0 nitrogen and oxygen atoms in total. The normalized spacial score (nSPS) is 13.9. The van der Waals surface area contributed by atoms with Crippen molar-refractivity contribution < 1.29 is 0 Å². The van der Waals surface area contributed by atoms with E-state index in [1.807, 2.05) is 0 Å². The SMILES string of the molecule is CC1(C)c2ccccc2-c2ccc(-c3ccccc3)c(-c3ccccc3)c21. The maximum absolute atomic E-state index is 2.36. The highest BCUT2D eigenvalue weighted by molar-refractivity contribution is 5.95. The molecule has 0 aliphatic heterocycles. The molecule has 0 N–H and O–H groups in total. The summed E-state index contributed by atoms with van der Waals surface area (Å²) in [6.07, 6.45) is 0. The third-order valence-electron chi connectivity index (χ3n) is 5.87. The summed E-state index contributed by atoms with van der Waals surface area (Å²) in [5.74, 6) is 0. The van der Waals surface area contributed by atoms with Crippen LogP contribution < -0.4 is 0 Å². The Labute approximate surface area is 161 Å². The molecule has 27 heavy (non-hydrogen) atoms. The molecule has 4 aromatic carbocycles. The third-order valence-corrected chi connectivity index (χ3v) is 5.87. The van der Waals surface area contributed by atoms with Gasteiger partial charge >= 0.3 is 0 Å². The van der Waals surface area contributed by atoms with E-state index in [9.17, 15) is 0 Å². The summed E-state index contributed by atoms with van der Waals surface area (Å²) in [6, 6.07) is 35.1. The molecular weight excluding hydrogens is 324 g/mol. The lowest BCUT2D eigenvalue weighted by molar-refractivity contribution is 0.662. The minimum atomic E-state index is -0.0259. The lowest BCUT2D eigenvalue weighted by atomic mass is 9.76. The highest BCUT2D eigenvalue weighted by Gasteiger charge is 2.38. The van der Waals surface area contributed by atoms with Crippen molar-refractivity contribution in [1.29, 1.82) is 0 Å². The molecule has 1 aliphatic carbocycles. The maximum atomic E-state index is 2.36. The van der Waals surface area contributed by atoms with Gasteiger partial charge < -0.3 is 0 Å². The van der Waals surface area contributed by atoms with Crippen LogP contribution in [-0.2, 0) is 5.41 Å². The first-order valence-corrected chi connectivity index (χ1v) is 9.56.